The first-order chi connectivity index (χ1) is 13.0. The molecule has 0 spiro atoms. The molecule has 0 fully saturated rings. The van der Waals surface area contributed by atoms with Gasteiger partial charge in [-0.1, -0.05) is 17.7 Å². The highest BCUT2D eigenvalue weighted by Crippen LogP contribution is 2.43. The van der Waals surface area contributed by atoms with Crippen LogP contribution in [-0.2, 0) is 11.2 Å². The number of carbonyl (C=O) groups excluding carboxylic acids is 1. The predicted octanol–water partition coefficient (Wildman–Crippen LogP) is 3.29. The molecule has 0 saturated heterocycles. The number of methoxy groups -OCH3 is 2. The van der Waals surface area contributed by atoms with Gasteiger partial charge in [-0.2, -0.15) is 0 Å². The topological polar surface area (TPSA) is 54.4 Å². The van der Waals surface area contributed by atoms with Gasteiger partial charge in [-0.15, -0.1) is 5.10 Å². The molecule has 27 heavy (non-hydrogen) atoms. The number of benzene rings is 2. The average molecular weight is 365 g/mol. The number of aryl methyl sites for hydroxylation is 1. The summed E-state index contributed by atoms with van der Waals surface area (Å²) in [5.74, 6) is 1.87. The maximum absolute atomic E-state index is 12.2. The van der Waals surface area contributed by atoms with Crippen molar-refractivity contribution in [2.24, 2.45) is 5.10 Å². The summed E-state index contributed by atoms with van der Waals surface area (Å²) in [4.78, 5) is 14.3. The highest BCUT2D eigenvalue weighted by molar-refractivity contribution is 6.38. The van der Waals surface area contributed by atoms with Gasteiger partial charge < -0.3 is 14.4 Å². The van der Waals surface area contributed by atoms with Crippen molar-refractivity contribution in [2.75, 3.05) is 25.8 Å². The summed E-state index contributed by atoms with van der Waals surface area (Å²) in [6.45, 7) is 4.35. The van der Waals surface area contributed by atoms with Gasteiger partial charge in [-0.25, -0.2) is 5.01 Å². The molecule has 140 valence electrons. The quantitative estimate of drug-likeness (QED) is 0.832. The minimum atomic E-state index is -0.171. The molecule has 0 bridgehead atoms. The Bertz CT molecular complexity index is 921. The Labute approximate surface area is 159 Å². The lowest BCUT2D eigenvalue weighted by Crippen LogP contribution is -2.42. The molecule has 2 aromatic carbocycles. The van der Waals surface area contributed by atoms with Crippen molar-refractivity contribution in [3.05, 3.63) is 53.1 Å². The van der Waals surface area contributed by atoms with Gasteiger partial charge in [0.25, 0.3) is 0 Å². The van der Waals surface area contributed by atoms with Gasteiger partial charge in [0, 0.05) is 19.0 Å². The Hall–Kier alpha value is -3.02. The smallest absolute Gasteiger partial charge is 0.196 e. The number of rotatable bonds is 4. The van der Waals surface area contributed by atoms with E-state index in [1.807, 2.05) is 29.3 Å². The number of ether oxygens (including phenoxy) is 2. The molecule has 0 radical (unpaired) electrons. The van der Waals surface area contributed by atoms with Crippen LogP contribution in [0.3, 0.4) is 0 Å². The first-order valence-corrected chi connectivity index (χ1v) is 9.00. The summed E-state index contributed by atoms with van der Waals surface area (Å²) in [6.07, 6.45) is 0.649. The number of nitrogens with zero attached hydrogens (tertiary/aromatic N) is 3. The molecule has 1 atom stereocenters. The summed E-state index contributed by atoms with van der Waals surface area (Å²) in [6, 6.07) is 12.2. The molecular weight excluding hydrogens is 342 g/mol. The lowest BCUT2D eigenvalue weighted by atomic mass is 9.95. The van der Waals surface area contributed by atoms with Crippen LogP contribution >= 0.6 is 0 Å². The van der Waals surface area contributed by atoms with Gasteiger partial charge in [0.15, 0.2) is 29.3 Å². The minimum Gasteiger partial charge on any atom is -0.493 e. The monoisotopic (exact) mass is 365 g/mol. The van der Waals surface area contributed by atoms with Crippen molar-refractivity contribution in [3.63, 3.8) is 0 Å². The number of fused-ring (bicyclic) bond motifs is 3. The average Bonchev–Trinajstić information content (AvgIpc) is 3.07. The summed E-state index contributed by atoms with van der Waals surface area (Å²) in [5.41, 5.74) is 4.40. The van der Waals surface area contributed by atoms with Crippen LogP contribution in [0.25, 0.3) is 0 Å². The van der Waals surface area contributed by atoms with Gasteiger partial charge in [-0.05, 0) is 43.2 Å². The zero-order valence-corrected chi connectivity index (χ0v) is 16.0. The number of anilines is 1. The fourth-order valence-corrected chi connectivity index (χ4v) is 3.79. The van der Waals surface area contributed by atoms with Crippen LogP contribution in [-0.4, -0.2) is 37.3 Å². The van der Waals surface area contributed by atoms with E-state index in [2.05, 4.69) is 29.1 Å². The van der Waals surface area contributed by atoms with E-state index in [9.17, 15) is 4.79 Å². The van der Waals surface area contributed by atoms with E-state index in [0.29, 0.717) is 11.6 Å². The summed E-state index contributed by atoms with van der Waals surface area (Å²) in [7, 11) is 3.28. The fourth-order valence-electron chi connectivity index (χ4n) is 3.79. The molecule has 0 aliphatic carbocycles. The number of amidine groups is 1. The summed E-state index contributed by atoms with van der Waals surface area (Å²) >= 11 is 0. The van der Waals surface area contributed by atoms with E-state index in [-0.39, 0.29) is 11.9 Å². The number of Topliss-reactive ketones (excluding diaryl/α,β-unsaturated/α-hetero) is 1. The number of hydrazone groups is 1. The third kappa shape index (κ3) is 2.81. The van der Waals surface area contributed by atoms with Gasteiger partial charge in [0.2, 0.25) is 0 Å². The second-order valence-corrected chi connectivity index (χ2v) is 6.88. The normalized spacial score (nSPS) is 17.9. The molecule has 2 aromatic rings. The molecule has 0 N–H and O–H groups in total. The SMILES string of the molecule is COc1cc2c(cc1OC)C1N(CC2)C(C(C)=O)=NN1c1ccc(C)cc1. The molecule has 2 aliphatic rings. The Morgan fingerprint density at radius 3 is 2.41 bits per heavy atom. The summed E-state index contributed by atoms with van der Waals surface area (Å²) in [5, 5.41) is 6.61. The van der Waals surface area contributed by atoms with Crippen LogP contribution in [0, 0.1) is 6.92 Å². The van der Waals surface area contributed by atoms with Gasteiger partial charge in [0.1, 0.15) is 0 Å². The van der Waals surface area contributed by atoms with Crippen LogP contribution in [0.1, 0.15) is 29.8 Å². The lowest BCUT2D eigenvalue weighted by molar-refractivity contribution is -0.111. The van der Waals surface area contributed by atoms with Crippen LogP contribution in [0.2, 0.25) is 0 Å². The van der Waals surface area contributed by atoms with Gasteiger partial charge in [0.05, 0.1) is 19.9 Å². The van der Waals surface area contributed by atoms with E-state index in [0.717, 1.165) is 30.0 Å². The molecule has 2 aliphatic heterocycles. The zero-order chi connectivity index (χ0) is 19.1. The molecule has 2 heterocycles. The number of hydrogen-bond donors (Lipinski definition) is 0. The third-order valence-electron chi connectivity index (χ3n) is 5.16. The van der Waals surface area contributed by atoms with Crippen molar-refractivity contribution in [1.29, 1.82) is 0 Å². The summed E-state index contributed by atoms with van der Waals surface area (Å²) < 4.78 is 11.0. The number of hydrogen-bond acceptors (Lipinski definition) is 6. The van der Waals surface area contributed by atoms with E-state index in [4.69, 9.17) is 9.47 Å². The molecule has 6 nitrogen and oxygen atoms in total. The third-order valence-corrected chi connectivity index (χ3v) is 5.16. The van der Waals surface area contributed by atoms with Crippen LogP contribution in [0.4, 0.5) is 5.69 Å². The van der Waals surface area contributed by atoms with Crippen molar-refractivity contribution in [1.82, 2.24) is 4.90 Å². The van der Waals surface area contributed by atoms with Crippen LogP contribution in [0.5, 0.6) is 11.5 Å². The predicted molar refractivity (Wildman–Crippen MR) is 104 cm³/mol. The minimum absolute atomic E-state index is 0.0291. The highest BCUT2D eigenvalue weighted by atomic mass is 16.5. The van der Waals surface area contributed by atoms with Crippen molar-refractivity contribution in [3.8, 4) is 11.5 Å². The Kier molecular flexibility index (Phi) is 4.26. The van der Waals surface area contributed by atoms with E-state index in [1.165, 1.54) is 11.1 Å². The van der Waals surface area contributed by atoms with Crippen molar-refractivity contribution >= 4 is 17.3 Å². The van der Waals surface area contributed by atoms with Crippen LogP contribution < -0.4 is 14.5 Å². The lowest BCUT2D eigenvalue weighted by Gasteiger charge is -2.37. The number of carbonyl (C=O) groups is 1. The van der Waals surface area contributed by atoms with Gasteiger partial charge >= 0.3 is 0 Å². The first-order valence-electron chi connectivity index (χ1n) is 9.00. The largest absolute Gasteiger partial charge is 0.493 e. The second kappa shape index (κ2) is 6.61. The van der Waals surface area contributed by atoms with Crippen LogP contribution in [0.15, 0.2) is 41.5 Å². The van der Waals surface area contributed by atoms with E-state index in [1.54, 1.807) is 21.1 Å². The molecular formula is C21H23N3O3. The van der Waals surface area contributed by atoms with Crippen molar-refractivity contribution in [2.45, 2.75) is 26.4 Å². The highest BCUT2D eigenvalue weighted by Gasteiger charge is 2.41. The molecule has 0 saturated carbocycles. The molecule has 0 amide bonds. The molecule has 1 unspecified atom stereocenters. The van der Waals surface area contributed by atoms with E-state index < -0.39 is 0 Å². The maximum atomic E-state index is 12.2. The Morgan fingerprint density at radius 2 is 1.78 bits per heavy atom. The second-order valence-electron chi connectivity index (χ2n) is 6.88. The fraction of sp³-hybridized carbons (Fsp3) is 0.333. The molecule has 6 heteroatoms. The van der Waals surface area contributed by atoms with Crippen molar-refractivity contribution < 1.29 is 14.3 Å². The first kappa shape index (κ1) is 17.4. The Balaban J connectivity index is 1.85. The maximum Gasteiger partial charge on any atom is 0.196 e. The van der Waals surface area contributed by atoms with E-state index >= 15 is 0 Å². The zero-order valence-electron chi connectivity index (χ0n) is 16.0. The molecule has 4 rings (SSSR count). The number of ketones is 1. The Morgan fingerprint density at radius 1 is 1.11 bits per heavy atom. The van der Waals surface area contributed by atoms with Gasteiger partial charge in [-0.3, -0.25) is 4.79 Å². The molecule has 0 aromatic heterocycles. The standard InChI is InChI=1S/C21H23N3O3/c1-13-5-7-16(8-6-13)24-21-17-12-19(27-4)18(26-3)11-15(17)9-10-23(21)20(22-24)14(2)25/h5-8,11-12,21H,9-10H2,1-4H3.